The first-order valence-electron chi connectivity index (χ1n) is 32.8. The van der Waals surface area contributed by atoms with Crippen LogP contribution < -0.4 is 0 Å². The Labute approximate surface area is 485 Å². The Hall–Kier alpha value is -2.24. The first kappa shape index (κ1) is 71.0. The molecular weight excluding hydrogens is 987 g/mol. The van der Waals surface area contributed by atoms with E-state index in [1.807, 2.05) is 0 Å². The number of hydrogen-bond donors (Lipinski definition) is 4. The number of aliphatic carboxylic acids is 4. The first-order valence-corrected chi connectivity index (χ1v) is 32.8. The number of hydrogen-bond acceptors (Lipinski definition) is 7. The molecule has 462 valence electrons. The van der Waals surface area contributed by atoms with Crippen LogP contribution in [-0.4, -0.2) is 113 Å². The minimum atomic E-state index is -2.63. The molecule has 3 saturated heterocycles. The lowest BCUT2D eigenvalue weighted by Crippen LogP contribution is -2.80. The van der Waals surface area contributed by atoms with E-state index in [1.54, 1.807) is 0 Å². The number of carboxylic acids is 4. The van der Waals surface area contributed by atoms with Crippen molar-refractivity contribution in [1.82, 2.24) is 14.7 Å². The van der Waals surface area contributed by atoms with Gasteiger partial charge in [0.05, 0.1) is 10.8 Å². The van der Waals surface area contributed by atoms with Crippen molar-refractivity contribution >= 4 is 23.9 Å². The summed E-state index contributed by atoms with van der Waals surface area (Å²) in [6, 6.07) is 0. The maximum absolute atomic E-state index is 16.9. The summed E-state index contributed by atoms with van der Waals surface area (Å²) in [5, 5.41) is 53.7. The summed E-state index contributed by atoms with van der Waals surface area (Å²) in [6.07, 6.45) is 23.4. The molecule has 0 aromatic heterocycles. The highest BCUT2D eigenvalue weighted by atomic mass is 16.4. The predicted octanol–water partition coefficient (Wildman–Crippen LogP) is 17.6. The molecule has 0 aliphatic carbocycles. The predicted molar refractivity (Wildman–Crippen MR) is 328 cm³/mol. The molecule has 0 amide bonds. The number of piperidine rings is 3. The van der Waals surface area contributed by atoms with Crippen LogP contribution in [-0.2, 0) is 19.2 Å². The smallest absolute Gasteiger partial charge is 0.312 e. The fourth-order valence-corrected chi connectivity index (χ4v) is 18.0. The average molecular weight is 1110 g/mol. The Morgan fingerprint density at radius 1 is 0.342 bits per heavy atom. The Morgan fingerprint density at radius 2 is 0.582 bits per heavy atom. The van der Waals surface area contributed by atoms with Gasteiger partial charge in [0.15, 0.2) is 0 Å². The molecule has 3 aliphatic heterocycles. The molecule has 3 heterocycles. The highest BCUT2D eigenvalue weighted by Crippen LogP contribution is 2.77. The molecule has 2 atom stereocenters. The summed E-state index contributed by atoms with van der Waals surface area (Å²) in [5.74, 6) is -8.08. The summed E-state index contributed by atoms with van der Waals surface area (Å²) >= 11 is 0. The lowest BCUT2D eigenvalue weighted by molar-refractivity contribution is -0.275. The third-order valence-corrected chi connectivity index (χ3v) is 22.8. The molecule has 11 nitrogen and oxygen atoms in total. The topological polar surface area (TPSA) is 159 Å². The minimum absolute atomic E-state index is 0.0178. The van der Waals surface area contributed by atoms with Crippen LogP contribution in [0.25, 0.3) is 0 Å². The maximum atomic E-state index is 16.9. The Kier molecular flexibility index (Phi) is 26.1. The van der Waals surface area contributed by atoms with Gasteiger partial charge in [-0.1, -0.05) is 175 Å². The summed E-state index contributed by atoms with van der Waals surface area (Å²) in [7, 11) is 6.23. The summed E-state index contributed by atoms with van der Waals surface area (Å²) < 4.78 is 0. The van der Waals surface area contributed by atoms with Crippen molar-refractivity contribution in [2.45, 2.75) is 349 Å². The van der Waals surface area contributed by atoms with E-state index in [-0.39, 0.29) is 32.1 Å². The van der Waals surface area contributed by atoms with Gasteiger partial charge in [-0.15, -0.1) is 0 Å². The quantitative estimate of drug-likeness (QED) is 0.0439. The lowest BCUT2D eigenvalue weighted by Gasteiger charge is -2.71. The van der Waals surface area contributed by atoms with Crippen LogP contribution >= 0.6 is 0 Å². The van der Waals surface area contributed by atoms with E-state index in [9.17, 15) is 20.4 Å². The molecule has 0 aromatic carbocycles. The fourth-order valence-electron chi connectivity index (χ4n) is 18.0. The number of likely N-dealkylation sites (tertiary alicyclic amines) is 3. The van der Waals surface area contributed by atoms with Gasteiger partial charge in [0, 0.05) is 33.2 Å². The van der Waals surface area contributed by atoms with Gasteiger partial charge in [0.1, 0.15) is 10.8 Å². The van der Waals surface area contributed by atoms with Crippen molar-refractivity contribution in [2.75, 3.05) is 21.1 Å². The van der Waals surface area contributed by atoms with Crippen LogP contribution in [0.4, 0.5) is 0 Å². The number of carbonyl (C=O) groups is 4. The van der Waals surface area contributed by atoms with Crippen molar-refractivity contribution in [3.8, 4) is 0 Å². The van der Waals surface area contributed by atoms with Gasteiger partial charge in [-0.2, -0.15) is 0 Å². The van der Waals surface area contributed by atoms with E-state index >= 15 is 19.2 Å². The van der Waals surface area contributed by atoms with Gasteiger partial charge in [0.2, 0.25) is 0 Å². The molecule has 3 fully saturated rings. The molecule has 0 bridgehead atoms. The van der Waals surface area contributed by atoms with E-state index in [1.165, 1.54) is 0 Å². The van der Waals surface area contributed by atoms with Crippen LogP contribution in [0.5, 0.6) is 0 Å². The molecule has 4 N–H and O–H groups in total. The van der Waals surface area contributed by atoms with Crippen molar-refractivity contribution in [3.63, 3.8) is 0 Å². The van der Waals surface area contributed by atoms with E-state index < -0.39 is 96.5 Å². The maximum Gasteiger partial charge on any atom is 0.312 e. The van der Waals surface area contributed by atoms with Gasteiger partial charge in [-0.25, -0.2) is 0 Å². The number of nitrogens with zero attached hydrogens (tertiary/aromatic N) is 3. The molecule has 0 saturated carbocycles. The normalized spacial score (nSPS) is 22.8. The SMILES string of the molecule is CCCCCCCCCCC(CCCCCCCCCC)(C(=O)O)C(CCCCCCCCCC)(C(=O)O)C(C(=O)O)(C1CC(C)(C)N(C)C(C)(C)C1)C(C(=O)O)(C1CC(C)(C)N(C)C(C)(C)C1)C1CC(C)(C)N(C)C(C)(C)C1. The van der Waals surface area contributed by atoms with Gasteiger partial charge in [-0.3, -0.25) is 33.9 Å². The molecular formula is C68H127N3O8. The summed E-state index contributed by atoms with van der Waals surface area (Å²) in [4.78, 5) is 72.9. The average Bonchev–Trinajstić information content (AvgIpc) is 3.33. The highest BCUT2D eigenvalue weighted by molar-refractivity contribution is 5.98. The third-order valence-electron chi connectivity index (χ3n) is 22.8. The molecule has 2 unspecified atom stereocenters. The Bertz CT molecular complexity index is 1810. The van der Waals surface area contributed by atoms with Crippen LogP contribution in [0.3, 0.4) is 0 Å². The fraction of sp³-hybridized carbons (Fsp3) is 0.941. The van der Waals surface area contributed by atoms with Crippen molar-refractivity contribution < 1.29 is 39.6 Å². The first-order chi connectivity index (χ1) is 36.6. The molecule has 79 heavy (non-hydrogen) atoms. The van der Waals surface area contributed by atoms with Crippen molar-refractivity contribution in [1.29, 1.82) is 0 Å². The largest absolute Gasteiger partial charge is 0.481 e. The van der Waals surface area contributed by atoms with Crippen LogP contribution in [0.15, 0.2) is 0 Å². The van der Waals surface area contributed by atoms with Crippen LogP contribution in [0, 0.1) is 39.4 Å². The van der Waals surface area contributed by atoms with Gasteiger partial charge in [0.25, 0.3) is 0 Å². The minimum Gasteiger partial charge on any atom is -0.481 e. The molecule has 0 aromatic rings. The molecule has 3 rings (SSSR count). The van der Waals surface area contributed by atoms with Crippen molar-refractivity contribution in [3.05, 3.63) is 0 Å². The highest BCUT2D eigenvalue weighted by Gasteiger charge is 2.85. The summed E-state index contributed by atoms with van der Waals surface area (Å²) in [6.45, 7) is 32.1. The van der Waals surface area contributed by atoms with E-state index in [2.05, 4.69) is 140 Å². The molecule has 11 heteroatoms. The number of unbranched alkanes of at least 4 members (excludes halogenated alkanes) is 21. The zero-order valence-corrected chi connectivity index (χ0v) is 54.8. The Morgan fingerprint density at radius 3 is 0.810 bits per heavy atom. The third kappa shape index (κ3) is 15.0. The second kappa shape index (κ2) is 29.0. The molecule has 0 spiro atoms. The monoisotopic (exact) mass is 1110 g/mol. The standard InChI is InChI=1S/C68H127N3O8/c1-19-22-25-28-31-34-37-40-43-65(55(72)73,44-41-38-35-32-29-26-23-20-2)66(56(74)75,45-42-39-36-33-30-27-24-21-3)68(58(78)79,54-50-63(12,13)71(18)64(14,15)51-54)67(57(76)77,52-46-59(4,5)69(16)60(6,7)47-52)53-48-61(8,9)70(17)62(10,11)49-53/h52-54H,19-51H2,1-18H3,(H,72,73)(H,74,75)(H,76,77)(H,78,79). The summed E-state index contributed by atoms with van der Waals surface area (Å²) in [5.41, 5.74) is -13.6. The van der Waals surface area contributed by atoms with Crippen LogP contribution in [0.1, 0.15) is 316 Å². The molecule has 3 aliphatic rings. The second-order valence-electron chi connectivity index (χ2n) is 30.4. The van der Waals surface area contributed by atoms with E-state index in [0.29, 0.717) is 64.2 Å². The zero-order chi connectivity index (χ0) is 60.1. The van der Waals surface area contributed by atoms with Gasteiger partial charge >= 0.3 is 23.9 Å². The van der Waals surface area contributed by atoms with Gasteiger partial charge < -0.3 is 20.4 Å². The number of carboxylic acid groups (broad SMARTS) is 4. The van der Waals surface area contributed by atoms with Crippen LogP contribution in [0.2, 0.25) is 0 Å². The zero-order valence-electron chi connectivity index (χ0n) is 54.8. The molecule has 0 radical (unpaired) electrons. The lowest BCUT2D eigenvalue weighted by atomic mass is 9.30. The Balaban J connectivity index is 2.87. The van der Waals surface area contributed by atoms with Crippen molar-refractivity contribution in [2.24, 2.45) is 39.4 Å². The van der Waals surface area contributed by atoms with E-state index in [0.717, 1.165) is 116 Å². The van der Waals surface area contributed by atoms with Gasteiger partial charge in [-0.05, 0) is 180 Å². The number of rotatable bonds is 37. The second-order valence-corrected chi connectivity index (χ2v) is 30.4. The van der Waals surface area contributed by atoms with E-state index in [4.69, 9.17) is 0 Å².